The van der Waals surface area contributed by atoms with E-state index in [1.54, 1.807) is 0 Å². The smallest absolute Gasteiger partial charge is 0.314 e. The van der Waals surface area contributed by atoms with E-state index < -0.39 is 33.6 Å². The van der Waals surface area contributed by atoms with E-state index >= 15 is 0 Å². The van der Waals surface area contributed by atoms with Gasteiger partial charge in [-0.2, -0.15) is 0 Å². The Balaban J connectivity index is 1.61. The second-order valence-corrected chi connectivity index (χ2v) is 11.8. The monoisotopic (exact) mass is 528 g/mol. The summed E-state index contributed by atoms with van der Waals surface area (Å²) in [5.41, 5.74) is 0.859. The Morgan fingerprint density at radius 1 is 1.26 bits per heavy atom. The third-order valence-corrected chi connectivity index (χ3v) is 7.33. The van der Waals surface area contributed by atoms with E-state index in [1.807, 2.05) is 7.05 Å². The fraction of sp³-hybridized carbons (Fsp3) is 0.450. The molecule has 0 saturated heterocycles. The van der Waals surface area contributed by atoms with Crippen LogP contribution in [0.15, 0.2) is 18.3 Å². The third-order valence-electron chi connectivity index (χ3n) is 4.97. The van der Waals surface area contributed by atoms with Gasteiger partial charge in [0.1, 0.15) is 15.7 Å². The highest BCUT2D eigenvalue weighted by atomic mass is 35.5. The number of nitrogens with one attached hydrogen (secondary N) is 3. The summed E-state index contributed by atoms with van der Waals surface area (Å²) in [6.07, 6.45) is 3.27. The van der Waals surface area contributed by atoms with E-state index in [0.717, 1.165) is 29.8 Å². The highest BCUT2D eigenvalue weighted by Crippen LogP contribution is 2.24. The Bertz CT molecular complexity index is 1170. The average Bonchev–Trinajstić information content (AvgIpc) is 3.19. The maximum Gasteiger partial charge on any atom is 0.314 e. The highest BCUT2D eigenvalue weighted by molar-refractivity contribution is 7.90. The molecule has 2 aromatic heterocycles. The molecule has 0 spiro atoms. The third kappa shape index (κ3) is 7.72. The molecule has 3 rings (SSSR count). The zero-order valence-electron chi connectivity index (χ0n) is 18.6. The van der Waals surface area contributed by atoms with E-state index in [1.165, 1.54) is 29.7 Å². The van der Waals surface area contributed by atoms with Gasteiger partial charge in [-0.05, 0) is 32.0 Å². The van der Waals surface area contributed by atoms with Gasteiger partial charge in [-0.1, -0.05) is 11.6 Å². The van der Waals surface area contributed by atoms with Crippen LogP contribution in [0, 0.1) is 0 Å². The molecule has 14 heteroatoms. The van der Waals surface area contributed by atoms with Gasteiger partial charge in [0, 0.05) is 43.0 Å². The van der Waals surface area contributed by atoms with Crippen LogP contribution in [0.3, 0.4) is 0 Å². The molecule has 0 unspecified atom stereocenters. The highest BCUT2D eigenvalue weighted by Gasteiger charge is 2.24. The van der Waals surface area contributed by atoms with Crippen molar-refractivity contribution in [1.82, 2.24) is 25.5 Å². The van der Waals surface area contributed by atoms with Crippen LogP contribution in [0.4, 0.5) is 5.82 Å². The fourth-order valence-corrected chi connectivity index (χ4v) is 4.96. The van der Waals surface area contributed by atoms with Crippen LogP contribution in [-0.4, -0.2) is 79.2 Å². The van der Waals surface area contributed by atoms with Gasteiger partial charge >= 0.3 is 11.8 Å². The second kappa shape index (κ2) is 11.2. The number of fused-ring (bicyclic) bond motifs is 1. The Kier molecular flexibility index (Phi) is 8.57. The zero-order chi connectivity index (χ0) is 24.9. The largest absolute Gasteiger partial charge is 0.346 e. The second-order valence-electron chi connectivity index (χ2n) is 7.99. The normalized spacial score (nSPS) is 14.7. The van der Waals surface area contributed by atoms with Crippen molar-refractivity contribution in [2.45, 2.75) is 25.4 Å². The van der Waals surface area contributed by atoms with Crippen LogP contribution in [0.25, 0.3) is 0 Å². The van der Waals surface area contributed by atoms with Crippen molar-refractivity contribution in [2.75, 3.05) is 37.5 Å². The summed E-state index contributed by atoms with van der Waals surface area (Å²) in [6, 6.07) is 2.22. The lowest BCUT2D eigenvalue weighted by Gasteiger charge is -2.20. The predicted molar refractivity (Wildman–Crippen MR) is 129 cm³/mol. The number of aromatic nitrogens is 2. The van der Waals surface area contributed by atoms with Crippen molar-refractivity contribution in [2.24, 2.45) is 0 Å². The molecule has 184 valence electrons. The van der Waals surface area contributed by atoms with Gasteiger partial charge in [0.25, 0.3) is 5.91 Å². The van der Waals surface area contributed by atoms with Crippen molar-refractivity contribution in [3.8, 4) is 0 Å². The van der Waals surface area contributed by atoms with Crippen LogP contribution in [0.1, 0.15) is 26.8 Å². The van der Waals surface area contributed by atoms with E-state index in [0.29, 0.717) is 11.6 Å². The lowest BCUT2D eigenvalue weighted by atomic mass is 10.2. The van der Waals surface area contributed by atoms with Crippen molar-refractivity contribution in [3.63, 3.8) is 0 Å². The summed E-state index contributed by atoms with van der Waals surface area (Å²) in [5.74, 6) is -2.43. The Morgan fingerprint density at radius 3 is 2.71 bits per heavy atom. The minimum Gasteiger partial charge on any atom is -0.346 e. The minimum atomic E-state index is -3.31. The van der Waals surface area contributed by atoms with Crippen LogP contribution in [0.2, 0.25) is 5.02 Å². The summed E-state index contributed by atoms with van der Waals surface area (Å²) in [5, 5.41) is 8.14. The molecule has 3 amide bonds. The van der Waals surface area contributed by atoms with E-state index in [4.69, 9.17) is 11.6 Å². The van der Waals surface area contributed by atoms with Gasteiger partial charge in [0.2, 0.25) is 0 Å². The molecule has 1 aliphatic heterocycles. The summed E-state index contributed by atoms with van der Waals surface area (Å²) in [4.78, 5) is 48.6. The molecule has 3 N–H and O–H groups in total. The summed E-state index contributed by atoms with van der Waals surface area (Å²) >= 11 is 7.05. The Hall–Kier alpha value is -2.61. The number of carbonyl (C=O) groups excluding carboxylic acids is 3. The molecule has 11 nitrogen and oxygen atoms in total. The van der Waals surface area contributed by atoms with E-state index in [9.17, 15) is 22.8 Å². The minimum absolute atomic E-state index is 0.0546. The number of sulfone groups is 1. The number of rotatable bonds is 8. The van der Waals surface area contributed by atoms with E-state index in [-0.39, 0.29) is 29.5 Å². The molecule has 0 aromatic carbocycles. The lowest BCUT2D eigenvalue weighted by molar-refractivity contribution is -0.136. The van der Waals surface area contributed by atoms with Gasteiger partial charge in [-0.15, -0.1) is 11.3 Å². The molecule has 0 bridgehead atoms. The molecule has 0 saturated carbocycles. The molecule has 34 heavy (non-hydrogen) atoms. The summed E-state index contributed by atoms with van der Waals surface area (Å²) in [6.45, 7) is 1.40. The van der Waals surface area contributed by atoms with Crippen LogP contribution in [0.5, 0.6) is 0 Å². The fourth-order valence-electron chi connectivity index (χ4n) is 3.17. The number of anilines is 1. The van der Waals surface area contributed by atoms with Gasteiger partial charge in [0.15, 0.2) is 5.01 Å². The van der Waals surface area contributed by atoms with Gasteiger partial charge < -0.3 is 20.9 Å². The molecular weight excluding hydrogens is 504 g/mol. The van der Waals surface area contributed by atoms with E-state index in [2.05, 4.69) is 30.8 Å². The van der Waals surface area contributed by atoms with Gasteiger partial charge in [-0.25, -0.2) is 18.4 Å². The van der Waals surface area contributed by atoms with Crippen molar-refractivity contribution in [1.29, 1.82) is 0 Å². The lowest BCUT2D eigenvalue weighted by Crippen LogP contribution is -2.47. The SMILES string of the molecule is CN1CCc2sc(C(=O)N[C@H](CCS(C)(=O)=O)CNC(=O)C(=O)Nc3ccc(Cl)cn3)nc2C1. The molecular formula is C20H25ClN6O5S2. The van der Waals surface area contributed by atoms with Crippen LogP contribution in [-0.2, 0) is 32.4 Å². The quantitative estimate of drug-likeness (QED) is 0.418. The number of amides is 3. The Labute approximate surface area is 206 Å². The van der Waals surface area contributed by atoms with Crippen molar-refractivity contribution in [3.05, 3.63) is 38.9 Å². The molecule has 0 radical (unpaired) electrons. The molecule has 0 fully saturated rings. The number of hydrogen-bond donors (Lipinski definition) is 3. The predicted octanol–water partition coefficient (Wildman–Crippen LogP) is 0.467. The number of carbonyl (C=O) groups is 3. The topological polar surface area (TPSA) is 150 Å². The van der Waals surface area contributed by atoms with Crippen LogP contribution < -0.4 is 16.0 Å². The number of thiazole rings is 1. The number of pyridine rings is 1. The zero-order valence-corrected chi connectivity index (χ0v) is 21.0. The van der Waals surface area contributed by atoms with Crippen molar-refractivity contribution < 1.29 is 22.8 Å². The molecule has 2 aromatic rings. The van der Waals surface area contributed by atoms with Crippen LogP contribution >= 0.6 is 22.9 Å². The molecule has 1 atom stereocenters. The Morgan fingerprint density at radius 2 is 2.03 bits per heavy atom. The molecule has 0 aliphatic carbocycles. The van der Waals surface area contributed by atoms with Crippen molar-refractivity contribution >= 4 is 56.3 Å². The average molecular weight is 529 g/mol. The molecule has 3 heterocycles. The number of halogens is 1. The molecule has 1 aliphatic rings. The number of likely N-dealkylation sites (N-methyl/N-ethyl adjacent to an activating group) is 1. The van der Waals surface area contributed by atoms with Gasteiger partial charge in [0.05, 0.1) is 16.5 Å². The maximum absolute atomic E-state index is 12.8. The van der Waals surface area contributed by atoms with Gasteiger partial charge in [-0.3, -0.25) is 14.4 Å². The summed E-state index contributed by atoms with van der Waals surface area (Å²) < 4.78 is 23.3. The summed E-state index contributed by atoms with van der Waals surface area (Å²) in [7, 11) is -1.33. The first-order chi connectivity index (χ1) is 16.0. The number of nitrogens with zero attached hydrogens (tertiary/aromatic N) is 3. The first-order valence-electron chi connectivity index (χ1n) is 10.4. The number of hydrogen-bond acceptors (Lipinski definition) is 9. The first-order valence-corrected chi connectivity index (χ1v) is 13.6. The first kappa shape index (κ1) is 26.0. The maximum atomic E-state index is 12.8. The standard InChI is InChI=1S/C20H25ClN6O5S2/c1-27-7-5-15-14(11-27)25-20(33-15)19(30)24-13(6-8-34(2,31)32)10-23-17(28)18(29)26-16-4-3-12(21)9-22-16/h3-4,9,13H,5-8,10-11H2,1-2H3,(H,23,28)(H,24,30)(H,22,26,29)/t13-/m1/s1.